The van der Waals surface area contributed by atoms with Crippen LogP contribution in [0.15, 0.2) is 47.4 Å². The van der Waals surface area contributed by atoms with Crippen LogP contribution in [0.3, 0.4) is 0 Å². The third-order valence-corrected chi connectivity index (χ3v) is 6.56. The summed E-state index contributed by atoms with van der Waals surface area (Å²) in [7, 11) is -3.47. The Bertz CT molecular complexity index is 862. The Hall–Kier alpha value is -1.69. The summed E-state index contributed by atoms with van der Waals surface area (Å²) in [5.41, 5.74) is 4.84. The molecule has 1 aliphatic heterocycles. The molecule has 1 N–H and O–H groups in total. The Balaban J connectivity index is 1.64. The van der Waals surface area contributed by atoms with Crippen LogP contribution < -0.4 is 4.72 Å². The molecule has 0 aromatic heterocycles. The predicted molar refractivity (Wildman–Crippen MR) is 101 cm³/mol. The Morgan fingerprint density at radius 1 is 1.08 bits per heavy atom. The molecule has 0 unspecified atom stereocenters. The van der Waals surface area contributed by atoms with E-state index in [-0.39, 0.29) is 6.04 Å². The van der Waals surface area contributed by atoms with Crippen LogP contribution in [0.1, 0.15) is 29.2 Å². The average molecular weight is 359 g/mol. The number of hydrogen-bond donors (Lipinski definition) is 1. The lowest BCUT2D eigenvalue weighted by Crippen LogP contribution is -2.44. The zero-order chi connectivity index (χ0) is 18.0. The van der Waals surface area contributed by atoms with E-state index in [0.29, 0.717) is 11.4 Å². The van der Waals surface area contributed by atoms with Crippen molar-refractivity contribution in [2.75, 3.05) is 13.1 Å². The fourth-order valence-electron chi connectivity index (χ4n) is 3.22. The highest BCUT2D eigenvalue weighted by Gasteiger charge is 2.22. The van der Waals surface area contributed by atoms with Gasteiger partial charge in [-0.15, -0.1) is 0 Å². The molecule has 4 nitrogen and oxygen atoms in total. The minimum Gasteiger partial charge on any atom is -0.295 e. The first-order valence-electron chi connectivity index (χ1n) is 8.74. The maximum Gasteiger partial charge on any atom is 0.240 e. The van der Waals surface area contributed by atoms with Crippen molar-refractivity contribution < 1.29 is 8.42 Å². The van der Waals surface area contributed by atoms with Gasteiger partial charge in [-0.05, 0) is 61.6 Å². The molecular weight excluding hydrogens is 332 g/mol. The monoisotopic (exact) mass is 358 g/mol. The fourth-order valence-corrected chi connectivity index (χ4v) is 4.42. The molecule has 134 valence electrons. The summed E-state index contributed by atoms with van der Waals surface area (Å²) in [6.45, 7) is 8.25. The molecule has 0 saturated heterocycles. The number of fused-ring (bicyclic) bond motifs is 1. The van der Waals surface area contributed by atoms with Crippen molar-refractivity contribution >= 4 is 10.0 Å². The Morgan fingerprint density at radius 2 is 1.80 bits per heavy atom. The first kappa shape index (κ1) is 18.1. The number of benzene rings is 2. The molecule has 0 bridgehead atoms. The fraction of sp³-hybridized carbons (Fsp3) is 0.400. The quantitative estimate of drug-likeness (QED) is 0.894. The molecular formula is C20H26N2O2S. The molecule has 0 amide bonds. The Kier molecular flexibility index (Phi) is 5.27. The summed E-state index contributed by atoms with van der Waals surface area (Å²) in [4.78, 5) is 2.68. The highest BCUT2D eigenvalue weighted by molar-refractivity contribution is 7.89. The second kappa shape index (κ2) is 7.28. The van der Waals surface area contributed by atoms with Crippen molar-refractivity contribution in [1.82, 2.24) is 9.62 Å². The van der Waals surface area contributed by atoms with Crippen LogP contribution in [0.4, 0.5) is 0 Å². The van der Waals surface area contributed by atoms with Gasteiger partial charge in [0.15, 0.2) is 0 Å². The summed E-state index contributed by atoms with van der Waals surface area (Å²) in [5.74, 6) is 0. The van der Waals surface area contributed by atoms with Gasteiger partial charge in [-0.3, -0.25) is 4.90 Å². The van der Waals surface area contributed by atoms with Gasteiger partial charge in [0.2, 0.25) is 10.0 Å². The molecule has 0 saturated carbocycles. The molecule has 1 heterocycles. The molecule has 2 aromatic rings. The first-order chi connectivity index (χ1) is 11.9. The van der Waals surface area contributed by atoms with E-state index in [9.17, 15) is 8.42 Å². The van der Waals surface area contributed by atoms with E-state index in [1.807, 2.05) is 19.9 Å². The van der Waals surface area contributed by atoms with Gasteiger partial charge in [0.05, 0.1) is 4.90 Å². The van der Waals surface area contributed by atoms with Crippen molar-refractivity contribution in [3.63, 3.8) is 0 Å². The third-order valence-electron chi connectivity index (χ3n) is 5.14. The molecule has 0 aliphatic carbocycles. The van der Waals surface area contributed by atoms with Gasteiger partial charge in [-0.25, -0.2) is 13.1 Å². The predicted octanol–water partition coefficient (Wildman–Crippen LogP) is 3.03. The lowest BCUT2D eigenvalue weighted by molar-refractivity contribution is 0.192. The summed E-state index contributed by atoms with van der Waals surface area (Å²) in [6.07, 6.45) is 1.02. The minimum atomic E-state index is -3.47. The number of hydrogen-bond acceptors (Lipinski definition) is 3. The van der Waals surface area contributed by atoms with E-state index in [2.05, 4.69) is 40.8 Å². The highest BCUT2D eigenvalue weighted by Crippen LogP contribution is 2.20. The van der Waals surface area contributed by atoms with Crippen molar-refractivity contribution in [3.05, 3.63) is 64.7 Å². The van der Waals surface area contributed by atoms with Gasteiger partial charge >= 0.3 is 0 Å². The summed E-state index contributed by atoms with van der Waals surface area (Å²) in [5, 5.41) is 0. The molecule has 1 aliphatic rings. The van der Waals surface area contributed by atoms with Crippen molar-refractivity contribution in [1.29, 1.82) is 0 Å². The van der Waals surface area contributed by atoms with Gasteiger partial charge in [0, 0.05) is 25.7 Å². The maximum absolute atomic E-state index is 12.6. The third kappa shape index (κ3) is 4.11. The minimum absolute atomic E-state index is 0.148. The normalized spacial score (nSPS) is 16.4. The van der Waals surface area contributed by atoms with E-state index >= 15 is 0 Å². The molecule has 2 aromatic carbocycles. The van der Waals surface area contributed by atoms with Gasteiger partial charge in [0.1, 0.15) is 0 Å². The van der Waals surface area contributed by atoms with Gasteiger partial charge in [-0.1, -0.05) is 30.3 Å². The number of nitrogens with zero attached hydrogens (tertiary/aromatic N) is 1. The van der Waals surface area contributed by atoms with E-state index in [0.717, 1.165) is 30.6 Å². The molecule has 0 spiro atoms. The van der Waals surface area contributed by atoms with Crippen LogP contribution in [0, 0.1) is 13.8 Å². The zero-order valence-corrected chi connectivity index (χ0v) is 15.9. The number of rotatable bonds is 5. The SMILES string of the molecule is Cc1ccc(S(=O)(=O)NC[C@H](C)N2CCc3ccccc3C2)cc1C. The standard InChI is InChI=1S/C20H26N2O2S/c1-15-8-9-20(12-16(15)2)25(23,24)21-13-17(3)22-11-10-18-6-4-5-7-19(18)14-22/h4-9,12,17,21H,10-11,13-14H2,1-3H3/t17-/m0/s1. The van der Waals surface area contributed by atoms with Crippen LogP contribution in [0.5, 0.6) is 0 Å². The lowest BCUT2D eigenvalue weighted by atomic mass is 9.99. The molecule has 3 rings (SSSR count). The largest absolute Gasteiger partial charge is 0.295 e. The van der Waals surface area contributed by atoms with Crippen LogP contribution in [0.25, 0.3) is 0 Å². The first-order valence-corrected chi connectivity index (χ1v) is 10.2. The van der Waals surface area contributed by atoms with Crippen molar-refractivity contribution in [2.24, 2.45) is 0 Å². The average Bonchev–Trinajstić information content (AvgIpc) is 2.61. The summed E-state index contributed by atoms with van der Waals surface area (Å²) < 4.78 is 27.9. The highest BCUT2D eigenvalue weighted by atomic mass is 32.2. The molecule has 0 radical (unpaired) electrons. The second-order valence-corrected chi connectivity index (χ2v) is 8.70. The van der Waals surface area contributed by atoms with Crippen molar-refractivity contribution in [3.8, 4) is 0 Å². The van der Waals surface area contributed by atoms with Crippen LogP contribution >= 0.6 is 0 Å². The number of sulfonamides is 1. The zero-order valence-electron chi connectivity index (χ0n) is 15.1. The topological polar surface area (TPSA) is 49.4 Å². The number of aryl methyl sites for hydroxylation is 2. The molecule has 1 atom stereocenters. The van der Waals surface area contributed by atoms with E-state index in [1.54, 1.807) is 12.1 Å². The summed E-state index contributed by atoms with van der Waals surface area (Å²) >= 11 is 0. The van der Waals surface area contributed by atoms with Crippen molar-refractivity contribution in [2.45, 2.75) is 44.7 Å². The summed E-state index contributed by atoms with van der Waals surface area (Å²) in [6, 6.07) is 13.9. The lowest BCUT2D eigenvalue weighted by Gasteiger charge is -2.33. The Morgan fingerprint density at radius 3 is 2.52 bits per heavy atom. The molecule has 25 heavy (non-hydrogen) atoms. The van der Waals surface area contributed by atoms with Gasteiger partial charge in [-0.2, -0.15) is 0 Å². The number of nitrogens with one attached hydrogen (secondary N) is 1. The van der Waals surface area contributed by atoms with Gasteiger partial charge in [0.25, 0.3) is 0 Å². The molecule has 5 heteroatoms. The maximum atomic E-state index is 12.6. The molecule has 0 fully saturated rings. The van der Waals surface area contributed by atoms with Crippen LogP contribution in [0.2, 0.25) is 0 Å². The van der Waals surface area contributed by atoms with Crippen LogP contribution in [-0.2, 0) is 23.0 Å². The van der Waals surface area contributed by atoms with E-state index < -0.39 is 10.0 Å². The van der Waals surface area contributed by atoms with Gasteiger partial charge < -0.3 is 0 Å². The van der Waals surface area contributed by atoms with Crippen LogP contribution in [-0.4, -0.2) is 32.4 Å². The van der Waals surface area contributed by atoms with E-state index in [4.69, 9.17) is 0 Å². The Labute approximate surface area is 150 Å². The second-order valence-electron chi connectivity index (χ2n) is 6.94. The smallest absolute Gasteiger partial charge is 0.240 e. The van der Waals surface area contributed by atoms with E-state index in [1.165, 1.54) is 11.1 Å².